The summed E-state index contributed by atoms with van der Waals surface area (Å²) in [5.74, 6) is -0.305. The molecule has 26 heavy (non-hydrogen) atoms. The molecule has 7 heteroatoms. The molecule has 2 rings (SSSR count). The van der Waals surface area contributed by atoms with E-state index in [1.165, 1.54) is 23.1 Å². The second kappa shape index (κ2) is 8.10. The first-order valence-electron chi connectivity index (χ1n) is 8.30. The fourth-order valence-electron chi connectivity index (χ4n) is 2.50. The van der Waals surface area contributed by atoms with Crippen molar-refractivity contribution in [2.24, 2.45) is 0 Å². The van der Waals surface area contributed by atoms with Gasteiger partial charge in [-0.15, -0.1) is 0 Å². The number of halogens is 1. The first-order valence-corrected chi connectivity index (χ1v) is 10.2. The number of rotatable bonds is 6. The van der Waals surface area contributed by atoms with E-state index >= 15 is 0 Å². The van der Waals surface area contributed by atoms with Crippen LogP contribution in [0.5, 0.6) is 0 Å². The van der Waals surface area contributed by atoms with Crippen LogP contribution >= 0.6 is 11.6 Å². The van der Waals surface area contributed by atoms with Crippen molar-refractivity contribution in [1.29, 1.82) is 0 Å². The molecule has 0 aliphatic heterocycles. The molecule has 2 aromatic rings. The standard InChI is InChI=1S/C19H23ClN2O3S/c1-5-10-22(4)19(23)17-12-16(8-9-18(17)20)26(24,25)21-15-7-6-13(2)14(3)11-15/h6-9,11-12,21H,5,10H2,1-4H3. The van der Waals surface area contributed by atoms with Crippen LogP contribution < -0.4 is 4.72 Å². The third-order valence-electron chi connectivity index (χ3n) is 4.14. The Morgan fingerprint density at radius 1 is 1.12 bits per heavy atom. The monoisotopic (exact) mass is 394 g/mol. The Kier molecular flexibility index (Phi) is 6.31. The van der Waals surface area contributed by atoms with E-state index in [0.717, 1.165) is 17.5 Å². The number of hydrogen-bond donors (Lipinski definition) is 1. The maximum atomic E-state index is 12.7. The molecule has 0 unspecified atom stereocenters. The second-order valence-electron chi connectivity index (χ2n) is 6.27. The molecular weight excluding hydrogens is 372 g/mol. The minimum atomic E-state index is -3.83. The summed E-state index contributed by atoms with van der Waals surface area (Å²) < 4.78 is 27.9. The van der Waals surface area contributed by atoms with E-state index in [9.17, 15) is 13.2 Å². The van der Waals surface area contributed by atoms with Gasteiger partial charge in [0.25, 0.3) is 15.9 Å². The number of sulfonamides is 1. The lowest BCUT2D eigenvalue weighted by Crippen LogP contribution is -2.28. The van der Waals surface area contributed by atoms with Crippen LogP contribution in [0.25, 0.3) is 0 Å². The third-order valence-corrected chi connectivity index (χ3v) is 5.85. The molecule has 0 bridgehead atoms. The van der Waals surface area contributed by atoms with Crippen molar-refractivity contribution in [3.05, 3.63) is 58.1 Å². The Bertz CT molecular complexity index is 926. The number of benzene rings is 2. The molecule has 0 saturated carbocycles. The van der Waals surface area contributed by atoms with Crippen molar-refractivity contribution in [2.45, 2.75) is 32.1 Å². The number of aryl methyl sites for hydroxylation is 2. The second-order valence-corrected chi connectivity index (χ2v) is 8.36. The molecule has 140 valence electrons. The van der Waals surface area contributed by atoms with E-state index in [4.69, 9.17) is 11.6 Å². The Labute approximate surface area is 160 Å². The Morgan fingerprint density at radius 2 is 1.81 bits per heavy atom. The maximum absolute atomic E-state index is 12.7. The normalized spacial score (nSPS) is 11.3. The van der Waals surface area contributed by atoms with Gasteiger partial charge < -0.3 is 4.90 Å². The summed E-state index contributed by atoms with van der Waals surface area (Å²) in [6.07, 6.45) is 0.798. The summed E-state index contributed by atoms with van der Waals surface area (Å²) in [5.41, 5.74) is 2.70. The molecule has 0 aromatic heterocycles. The molecule has 0 aliphatic carbocycles. The molecule has 0 atom stereocenters. The SMILES string of the molecule is CCCN(C)C(=O)c1cc(S(=O)(=O)Nc2ccc(C)c(C)c2)ccc1Cl. The summed E-state index contributed by atoms with van der Waals surface area (Å²) in [6, 6.07) is 9.47. The lowest BCUT2D eigenvalue weighted by molar-refractivity contribution is 0.0795. The van der Waals surface area contributed by atoms with Crippen LogP contribution in [0.2, 0.25) is 5.02 Å². The fraction of sp³-hybridized carbons (Fsp3) is 0.316. The fourth-order valence-corrected chi connectivity index (χ4v) is 3.77. The Morgan fingerprint density at radius 3 is 2.42 bits per heavy atom. The Hall–Kier alpha value is -2.05. The summed E-state index contributed by atoms with van der Waals surface area (Å²) in [6.45, 7) is 6.39. The number of amides is 1. The molecule has 1 amide bonds. The number of nitrogens with zero attached hydrogens (tertiary/aromatic N) is 1. The first-order chi connectivity index (χ1) is 12.2. The van der Waals surface area contributed by atoms with E-state index in [1.807, 2.05) is 26.8 Å². The topological polar surface area (TPSA) is 66.5 Å². The van der Waals surface area contributed by atoms with Crippen molar-refractivity contribution >= 4 is 33.2 Å². The summed E-state index contributed by atoms with van der Waals surface area (Å²) in [5, 5.41) is 0.225. The van der Waals surface area contributed by atoms with Gasteiger partial charge in [-0.05, 0) is 61.7 Å². The lowest BCUT2D eigenvalue weighted by atomic mass is 10.1. The summed E-state index contributed by atoms with van der Waals surface area (Å²) in [4.78, 5) is 14.0. The van der Waals surface area contributed by atoms with Crippen LogP contribution in [0.4, 0.5) is 5.69 Å². The van der Waals surface area contributed by atoms with Gasteiger partial charge in [0.15, 0.2) is 0 Å². The van der Waals surface area contributed by atoms with Crippen LogP contribution in [-0.4, -0.2) is 32.8 Å². The molecule has 0 aliphatic rings. The quantitative estimate of drug-likeness (QED) is 0.796. The lowest BCUT2D eigenvalue weighted by Gasteiger charge is -2.17. The van der Waals surface area contributed by atoms with Gasteiger partial charge in [-0.1, -0.05) is 24.6 Å². The number of nitrogens with one attached hydrogen (secondary N) is 1. The maximum Gasteiger partial charge on any atom is 0.261 e. The number of carbonyl (C=O) groups is 1. The van der Waals surface area contributed by atoms with Crippen molar-refractivity contribution in [1.82, 2.24) is 4.90 Å². The first kappa shape index (κ1) is 20.3. The Balaban J connectivity index is 2.36. The highest BCUT2D eigenvalue weighted by Gasteiger charge is 2.20. The average Bonchev–Trinajstić information content (AvgIpc) is 2.57. The van der Waals surface area contributed by atoms with Gasteiger partial charge in [-0.25, -0.2) is 8.42 Å². The smallest absolute Gasteiger partial charge is 0.261 e. The highest BCUT2D eigenvalue weighted by atomic mass is 35.5. The number of hydrogen-bond acceptors (Lipinski definition) is 3. The molecular formula is C19H23ClN2O3S. The van der Waals surface area contributed by atoms with E-state index in [1.54, 1.807) is 19.2 Å². The van der Waals surface area contributed by atoms with Gasteiger partial charge in [0.2, 0.25) is 0 Å². The van der Waals surface area contributed by atoms with Crippen molar-refractivity contribution in [2.75, 3.05) is 18.3 Å². The highest BCUT2D eigenvalue weighted by molar-refractivity contribution is 7.92. The molecule has 1 N–H and O–H groups in total. The average molecular weight is 395 g/mol. The van der Waals surface area contributed by atoms with Gasteiger partial charge in [0.05, 0.1) is 15.5 Å². The molecule has 2 aromatic carbocycles. The van der Waals surface area contributed by atoms with Gasteiger partial charge in [0.1, 0.15) is 0 Å². The highest BCUT2D eigenvalue weighted by Crippen LogP contribution is 2.24. The molecule has 0 saturated heterocycles. The minimum Gasteiger partial charge on any atom is -0.342 e. The summed E-state index contributed by atoms with van der Waals surface area (Å²) in [7, 11) is -2.17. The number of anilines is 1. The van der Waals surface area contributed by atoms with E-state index in [2.05, 4.69) is 4.72 Å². The minimum absolute atomic E-state index is 0.00613. The van der Waals surface area contributed by atoms with Gasteiger partial charge in [-0.2, -0.15) is 0 Å². The van der Waals surface area contributed by atoms with Crippen LogP contribution in [0, 0.1) is 13.8 Å². The van der Waals surface area contributed by atoms with Crippen LogP contribution in [-0.2, 0) is 10.0 Å². The predicted molar refractivity (Wildman–Crippen MR) is 105 cm³/mol. The van der Waals surface area contributed by atoms with Crippen molar-refractivity contribution in [3.8, 4) is 0 Å². The zero-order chi connectivity index (χ0) is 19.5. The van der Waals surface area contributed by atoms with Gasteiger partial charge >= 0.3 is 0 Å². The van der Waals surface area contributed by atoms with Crippen molar-refractivity contribution < 1.29 is 13.2 Å². The van der Waals surface area contributed by atoms with Crippen molar-refractivity contribution in [3.63, 3.8) is 0 Å². The van der Waals surface area contributed by atoms with Gasteiger partial charge in [0, 0.05) is 19.3 Å². The van der Waals surface area contributed by atoms with E-state index < -0.39 is 10.0 Å². The van der Waals surface area contributed by atoms with Crippen LogP contribution in [0.15, 0.2) is 41.3 Å². The largest absolute Gasteiger partial charge is 0.342 e. The molecule has 0 heterocycles. The third kappa shape index (κ3) is 4.56. The molecule has 5 nitrogen and oxygen atoms in total. The molecule has 0 fully saturated rings. The van der Waals surface area contributed by atoms with Crippen LogP contribution in [0.1, 0.15) is 34.8 Å². The van der Waals surface area contributed by atoms with Gasteiger partial charge in [-0.3, -0.25) is 9.52 Å². The van der Waals surface area contributed by atoms with E-state index in [-0.39, 0.29) is 21.4 Å². The summed E-state index contributed by atoms with van der Waals surface area (Å²) >= 11 is 6.12. The number of carbonyl (C=O) groups excluding carboxylic acids is 1. The molecule has 0 spiro atoms. The van der Waals surface area contributed by atoms with Crippen LogP contribution in [0.3, 0.4) is 0 Å². The molecule has 0 radical (unpaired) electrons. The van der Waals surface area contributed by atoms with E-state index in [0.29, 0.717) is 12.2 Å². The predicted octanol–water partition coefficient (Wildman–Crippen LogP) is 4.24. The zero-order valence-corrected chi connectivity index (χ0v) is 16.9. The zero-order valence-electron chi connectivity index (χ0n) is 15.3.